The number of benzene rings is 1. The van der Waals surface area contributed by atoms with Gasteiger partial charge in [0.25, 0.3) is 0 Å². The molecule has 72 valence electrons. The molecule has 0 aliphatic heterocycles. The molecular formula is C9H12O3S. The van der Waals surface area contributed by atoms with Crippen LogP contribution in [0.3, 0.4) is 0 Å². The first kappa shape index (κ1) is 10.2. The smallest absolute Gasteiger partial charge is 0.357 e. The van der Waals surface area contributed by atoms with Crippen LogP contribution in [0.5, 0.6) is 5.75 Å². The zero-order valence-electron chi connectivity index (χ0n) is 7.61. The Morgan fingerprint density at radius 3 is 2.77 bits per heavy atom. The van der Waals surface area contributed by atoms with E-state index in [4.69, 9.17) is 8.74 Å². The monoisotopic (exact) mass is 200 g/mol. The minimum atomic E-state index is -2.24. The molecule has 1 aromatic rings. The molecule has 1 atom stereocenters. The van der Waals surface area contributed by atoms with Gasteiger partial charge in [0.2, 0.25) is 0 Å². The first-order valence-corrected chi connectivity index (χ1v) is 5.06. The van der Waals surface area contributed by atoms with Crippen LogP contribution in [0.2, 0.25) is 0 Å². The molecule has 13 heavy (non-hydrogen) atoms. The Morgan fingerprint density at radius 2 is 2.23 bits per heavy atom. The van der Waals surface area contributed by atoms with Crippen LogP contribution in [0, 0.1) is 6.92 Å². The van der Waals surface area contributed by atoms with E-state index in [1.54, 1.807) is 12.1 Å². The third kappa shape index (κ3) is 2.54. The molecule has 1 N–H and O–H groups in total. The van der Waals surface area contributed by atoms with Gasteiger partial charge in [-0.2, -0.15) is 4.21 Å². The van der Waals surface area contributed by atoms with Gasteiger partial charge in [0.15, 0.2) is 0 Å². The standard InChI is InChI=1S/C9H12O3S/c1-3-8-7(2)5-4-6-9(8)12-13(10)11/h4-6H,3H2,1-2H3,(H,10,11). The number of hydrogen-bond acceptors (Lipinski definition) is 2. The lowest BCUT2D eigenvalue weighted by Gasteiger charge is -2.08. The third-order valence-corrected chi connectivity index (χ3v) is 2.20. The summed E-state index contributed by atoms with van der Waals surface area (Å²) in [5.74, 6) is 0.489. The molecule has 0 aromatic heterocycles. The van der Waals surface area contributed by atoms with E-state index < -0.39 is 11.4 Å². The molecule has 0 aliphatic rings. The topological polar surface area (TPSA) is 46.5 Å². The highest BCUT2D eigenvalue weighted by molar-refractivity contribution is 7.74. The van der Waals surface area contributed by atoms with Crippen LogP contribution < -0.4 is 4.18 Å². The molecule has 0 fully saturated rings. The Bertz CT molecular complexity index is 323. The molecule has 0 aliphatic carbocycles. The van der Waals surface area contributed by atoms with E-state index in [1.165, 1.54) is 0 Å². The van der Waals surface area contributed by atoms with Gasteiger partial charge in [-0.3, -0.25) is 4.55 Å². The molecule has 0 amide bonds. The van der Waals surface area contributed by atoms with Crippen LogP contribution in [-0.4, -0.2) is 8.76 Å². The summed E-state index contributed by atoms with van der Waals surface area (Å²) >= 11 is -2.24. The van der Waals surface area contributed by atoms with E-state index in [9.17, 15) is 4.21 Å². The molecule has 1 unspecified atom stereocenters. The van der Waals surface area contributed by atoms with Crippen LogP contribution in [0.4, 0.5) is 0 Å². The molecule has 4 heteroatoms. The molecule has 1 rings (SSSR count). The van der Waals surface area contributed by atoms with Crippen LogP contribution in [0.1, 0.15) is 18.1 Å². The summed E-state index contributed by atoms with van der Waals surface area (Å²) in [4.78, 5) is 0. The molecule has 0 saturated heterocycles. The quantitative estimate of drug-likeness (QED) is 0.760. The molecule has 1 aromatic carbocycles. The van der Waals surface area contributed by atoms with Gasteiger partial charge < -0.3 is 4.18 Å². The van der Waals surface area contributed by atoms with Gasteiger partial charge in [0.05, 0.1) is 0 Å². The van der Waals surface area contributed by atoms with Crippen molar-refractivity contribution in [3.8, 4) is 5.75 Å². The molecular weight excluding hydrogens is 188 g/mol. The fraction of sp³-hybridized carbons (Fsp3) is 0.333. The lowest BCUT2D eigenvalue weighted by atomic mass is 10.1. The van der Waals surface area contributed by atoms with Crippen molar-refractivity contribution in [1.29, 1.82) is 0 Å². The molecule has 0 saturated carbocycles. The van der Waals surface area contributed by atoms with Gasteiger partial charge >= 0.3 is 11.4 Å². The van der Waals surface area contributed by atoms with E-state index in [0.29, 0.717) is 5.75 Å². The van der Waals surface area contributed by atoms with Gasteiger partial charge in [-0.1, -0.05) is 19.1 Å². The molecule has 0 spiro atoms. The van der Waals surface area contributed by atoms with Crippen molar-refractivity contribution in [3.63, 3.8) is 0 Å². The fourth-order valence-corrected chi connectivity index (χ4v) is 1.59. The predicted molar refractivity (Wildman–Crippen MR) is 52.0 cm³/mol. The van der Waals surface area contributed by atoms with E-state index in [1.807, 2.05) is 19.9 Å². The molecule has 3 nitrogen and oxygen atoms in total. The lowest BCUT2D eigenvalue weighted by molar-refractivity contribution is 0.455. The van der Waals surface area contributed by atoms with Crippen molar-refractivity contribution >= 4 is 11.4 Å². The van der Waals surface area contributed by atoms with Crippen LogP contribution in [-0.2, 0) is 17.8 Å². The predicted octanol–water partition coefficient (Wildman–Crippen LogP) is 2.07. The normalized spacial score (nSPS) is 12.5. The highest BCUT2D eigenvalue weighted by atomic mass is 32.2. The van der Waals surface area contributed by atoms with E-state index >= 15 is 0 Å². The number of aryl methyl sites for hydroxylation is 1. The Hall–Kier alpha value is -0.870. The average molecular weight is 200 g/mol. The van der Waals surface area contributed by atoms with Crippen molar-refractivity contribution in [1.82, 2.24) is 0 Å². The first-order chi connectivity index (χ1) is 6.15. The van der Waals surface area contributed by atoms with E-state index in [0.717, 1.165) is 17.5 Å². The maximum absolute atomic E-state index is 10.4. The minimum Gasteiger partial charge on any atom is -0.380 e. The Kier molecular flexibility index (Phi) is 3.45. The molecule has 0 bridgehead atoms. The summed E-state index contributed by atoms with van der Waals surface area (Å²) in [7, 11) is 0. The van der Waals surface area contributed by atoms with Gasteiger partial charge in [-0.25, -0.2) is 0 Å². The van der Waals surface area contributed by atoms with Gasteiger partial charge in [0.1, 0.15) is 5.75 Å². The second kappa shape index (κ2) is 4.39. The van der Waals surface area contributed by atoms with Crippen LogP contribution in [0.15, 0.2) is 18.2 Å². The summed E-state index contributed by atoms with van der Waals surface area (Å²) < 4.78 is 23.7. The zero-order valence-corrected chi connectivity index (χ0v) is 8.43. The second-order valence-electron chi connectivity index (χ2n) is 2.71. The highest BCUT2D eigenvalue weighted by Crippen LogP contribution is 2.22. The summed E-state index contributed by atoms with van der Waals surface area (Å²) in [6.07, 6.45) is 0.791. The summed E-state index contributed by atoms with van der Waals surface area (Å²) in [6.45, 7) is 3.93. The van der Waals surface area contributed by atoms with Crippen LogP contribution >= 0.6 is 0 Å². The zero-order chi connectivity index (χ0) is 9.84. The molecule has 0 radical (unpaired) electrons. The van der Waals surface area contributed by atoms with Gasteiger partial charge in [-0.15, -0.1) is 0 Å². The minimum absolute atomic E-state index is 0.489. The second-order valence-corrected chi connectivity index (χ2v) is 3.31. The Balaban J connectivity index is 3.05. The van der Waals surface area contributed by atoms with Crippen molar-refractivity contribution in [3.05, 3.63) is 29.3 Å². The van der Waals surface area contributed by atoms with Gasteiger partial charge in [0, 0.05) is 0 Å². The van der Waals surface area contributed by atoms with Crippen LogP contribution in [0.25, 0.3) is 0 Å². The lowest BCUT2D eigenvalue weighted by Crippen LogP contribution is -2.01. The van der Waals surface area contributed by atoms with Crippen molar-refractivity contribution in [2.45, 2.75) is 20.3 Å². The SMILES string of the molecule is CCc1c(C)cccc1OS(=O)O. The van der Waals surface area contributed by atoms with Crippen molar-refractivity contribution in [2.75, 3.05) is 0 Å². The highest BCUT2D eigenvalue weighted by Gasteiger charge is 2.06. The fourth-order valence-electron chi connectivity index (χ4n) is 1.28. The average Bonchev–Trinajstić information content (AvgIpc) is 2.03. The largest absolute Gasteiger partial charge is 0.380 e. The van der Waals surface area contributed by atoms with E-state index in [2.05, 4.69) is 0 Å². The summed E-state index contributed by atoms with van der Waals surface area (Å²) in [5.41, 5.74) is 2.05. The maximum atomic E-state index is 10.4. The number of hydrogen-bond donors (Lipinski definition) is 1. The third-order valence-electron chi connectivity index (χ3n) is 1.88. The maximum Gasteiger partial charge on any atom is 0.357 e. The van der Waals surface area contributed by atoms with E-state index in [-0.39, 0.29) is 0 Å². The first-order valence-electron chi connectivity index (χ1n) is 4.02. The number of rotatable bonds is 3. The van der Waals surface area contributed by atoms with Gasteiger partial charge in [-0.05, 0) is 30.5 Å². The van der Waals surface area contributed by atoms with Crippen molar-refractivity contribution in [2.24, 2.45) is 0 Å². The molecule has 0 heterocycles. The Morgan fingerprint density at radius 1 is 1.54 bits per heavy atom. The summed E-state index contributed by atoms with van der Waals surface area (Å²) in [6, 6.07) is 5.45. The summed E-state index contributed by atoms with van der Waals surface area (Å²) in [5, 5.41) is 0. The van der Waals surface area contributed by atoms with Crippen molar-refractivity contribution < 1.29 is 12.9 Å². The Labute approximate surface area is 80.2 Å².